The second kappa shape index (κ2) is 13.5. The molecular weight excluding hydrogens is 599 g/mol. The molecule has 1 aromatic heterocycles. The molecule has 3 aromatic carbocycles. The van der Waals surface area contributed by atoms with E-state index in [-0.39, 0.29) is 32.0 Å². The summed E-state index contributed by atoms with van der Waals surface area (Å²) >= 11 is 0. The van der Waals surface area contributed by atoms with E-state index in [1.807, 2.05) is 13.0 Å². The smallest absolute Gasteiger partial charge is 0.318 e. The van der Waals surface area contributed by atoms with Gasteiger partial charge in [-0.2, -0.15) is 12.7 Å². The van der Waals surface area contributed by atoms with E-state index in [1.165, 1.54) is 0 Å². The number of nitrogens with zero attached hydrogens (tertiary/aromatic N) is 3. The standard InChI is InChI=1S/C31H32F3N3O6S/c1-5-37(23-10-6-8-19(2)14-23)44(40,41)36(18-28(38)39)17-22-9-7-11-24(15-22)42-13-12-27-21(4)43-31(35-27)25-16-26(32)20(3)29(33)30(25)34/h6-11,14-16H,5,12-13,17-18H2,1-4H3,(H,38,39). The molecule has 234 valence electrons. The lowest BCUT2D eigenvalue weighted by atomic mass is 10.1. The van der Waals surface area contributed by atoms with Gasteiger partial charge in [-0.15, -0.1) is 0 Å². The van der Waals surface area contributed by atoms with Crippen LogP contribution in [-0.2, 0) is 28.0 Å². The van der Waals surface area contributed by atoms with Crippen LogP contribution in [-0.4, -0.2) is 48.5 Å². The predicted octanol–water partition coefficient (Wildman–Crippen LogP) is 5.96. The zero-order valence-corrected chi connectivity index (χ0v) is 25.4. The topological polar surface area (TPSA) is 113 Å². The van der Waals surface area contributed by atoms with Gasteiger partial charge in [0.05, 0.1) is 23.6 Å². The van der Waals surface area contributed by atoms with Crippen molar-refractivity contribution in [3.8, 4) is 17.2 Å². The predicted molar refractivity (Wildman–Crippen MR) is 158 cm³/mol. The van der Waals surface area contributed by atoms with E-state index < -0.39 is 51.3 Å². The number of aryl methyl sites for hydroxylation is 2. The van der Waals surface area contributed by atoms with Gasteiger partial charge in [0.2, 0.25) is 5.89 Å². The van der Waals surface area contributed by atoms with E-state index >= 15 is 0 Å². The number of aliphatic carboxylic acids is 1. The van der Waals surface area contributed by atoms with Gasteiger partial charge in [-0.25, -0.2) is 18.2 Å². The van der Waals surface area contributed by atoms with Gasteiger partial charge in [0.1, 0.15) is 23.9 Å². The average Bonchev–Trinajstić information content (AvgIpc) is 3.33. The largest absolute Gasteiger partial charge is 0.493 e. The van der Waals surface area contributed by atoms with Crippen molar-refractivity contribution in [3.05, 3.63) is 100 Å². The first-order valence-corrected chi connectivity index (χ1v) is 15.1. The molecule has 0 saturated carbocycles. The van der Waals surface area contributed by atoms with Crippen LogP contribution in [0.3, 0.4) is 0 Å². The minimum Gasteiger partial charge on any atom is -0.493 e. The van der Waals surface area contributed by atoms with Gasteiger partial charge in [0, 0.05) is 25.1 Å². The number of hydrogen-bond acceptors (Lipinski definition) is 6. The van der Waals surface area contributed by atoms with Gasteiger partial charge in [-0.1, -0.05) is 24.3 Å². The highest BCUT2D eigenvalue weighted by Crippen LogP contribution is 2.29. The van der Waals surface area contributed by atoms with Gasteiger partial charge >= 0.3 is 16.2 Å². The maximum absolute atomic E-state index is 14.4. The molecule has 0 aliphatic rings. The summed E-state index contributed by atoms with van der Waals surface area (Å²) in [5, 5.41) is 9.50. The van der Waals surface area contributed by atoms with Gasteiger partial charge in [0.25, 0.3) is 0 Å². The number of benzene rings is 3. The molecule has 9 nitrogen and oxygen atoms in total. The molecule has 0 bridgehead atoms. The van der Waals surface area contributed by atoms with Crippen LogP contribution in [0.5, 0.6) is 5.75 Å². The lowest BCUT2D eigenvalue weighted by molar-refractivity contribution is -0.137. The highest BCUT2D eigenvalue weighted by atomic mass is 32.2. The summed E-state index contributed by atoms with van der Waals surface area (Å²) in [5.74, 6) is -4.36. The Morgan fingerprint density at radius 3 is 2.43 bits per heavy atom. The quantitative estimate of drug-likeness (QED) is 0.181. The van der Waals surface area contributed by atoms with Crippen LogP contribution in [0.2, 0.25) is 0 Å². The number of carboxylic acid groups (broad SMARTS) is 1. The molecule has 4 rings (SSSR count). The van der Waals surface area contributed by atoms with Crippen molar-refractivity contribution in [3.63, 3.8) is 0 Å². The molecule has 4 aromatic rings. The minimum atomic E-state index is -4.23. The van der Waals surface area contributed by atoms with E-state index in [0.29, 0.717) is 28.5 Å². The molecule has 1 N–H and O–H groups in total. The van der Waals surface area contributed by atoms with Crippen LogP contribution in [0.15, 0.2) is 59.0 Å². The SMILES string of the molecule is CCN(c1cccc(C)c1)S(=O)(=O)N(CC(=O)O)Cc1cccc(OCCc2nc(-c3cc(F)c(C)c(F)c3F)oc2C)c1. The number of aromatic nitrogens is 1. The fourth-order valence-electron chi connectivity index (χ4n) is 4.59. The molecule has 0 aliphatic carbocycles. The van der Waals surface area contributed by atoms with Crippen molar-refractivity contribution in [1.29, 1.82) is 0 Å². The Bertz CT molecular complexity index is 1780. The van der Waals surface area contributed by atoms with Crippen LogP contribution in [0.1, 0.15) is 35.1 Å². The molecule has 1 heterocycles. The van der Waals surface area contributed by atoms with Gasteiger partial charge in [-0.3, -0.25) is 9.10 Å². The molecular formula is C31H32F3N3O6S. The lowest BCUT2D eigenvalue weighted by Gasteiger charge is -2.30. The summed E-state index contributed by atoms with van der Waals surface area (Å²) in [6.07, 6.45) is 0.208. The van der Waals surface area contributed by atoms with Crippen LogP contribution >= 0.6 is 0 Å². The monoisotopic (exact) mass is 631 g/mol. The van der Waals surface area contributed by atoms with E-state index in [9.17, 15) is 31.5 Å². The van der Waals surface area contributed by atoms with Crippen LogP contribution in [0.25, 0.3) is 11.5 Å². The maximum Gasteiger partial charge on any atom is 0.318 e. The fourth-order valence-corrected chi connectivity index (χ4v) is 6.16. The van der Waals surface area contributed by atoms with Gasteiger partial charge < -0.3 is 14.3 Å². The Morgan fingerprint density at radius 2 is 1.75 bits per heavy atom. The number of carboxylic acids is 1. The molecule has 0 aliphatic heterocycles. The number of hydrogen-bond donors (Lipinski definition) is 1. The highest BCUT2D eigenvalue weighted by molar-refractivity contribution is 7.90. The molecule has 0 radical (unpaired) electrons. The van der Waals surface area contributed by atoms with Gasteiger partial charge in [0.15, 0.2) is 11.6 Å². The Morgan fingerprint density at radius 1 is 1.02 bits per heavy atom. The van der Waals surface area contributed by atoms with E-state index in [4.69, 9.17) is 9.15 Å². The molecule has 0 amide bonds. The Labute approximate surface area is 253 Å². The maximum atomic E-state index is 14.4. The number of carbonyl (C=O) groups is 1. The number of anilines is 1. The molecule has 44 heavy (non-hydrogen) atoms. The van der Waals surface area contributed by atoms with Gasteiger partial charge in [-0.05, 0) is 69.2 Å². The number of ether oxygens (including phenoxy) is 1. The normalized spacial score (nSPS) is 11.6. The second-order valence-electron chi connectivity index (χ2n) is 10.1. The average molecular weight is 632 g/mol. The van der Waals surface area contributed by atoms with Crippen molar-refractivity contribution in [2.75, 3.05) is 24.0 Å². The Hall–Kier alpha value is -4.36. The zero-order valence-electron chi connectivity index (χ0n) is 24.6. The Balaban J connectivity index is 1.48. The summed E-state index contributed by atoms with van der Waals surface area (Å²) in [5.41, 5.74) is 1.29. The van der Waals surface area contributed by atoms with E-state index in [0.717, 1.165) is 27.2 Å². The second-order valence-corrected chi connectivity index (χ2v) is 12.0. The summed E-state index contributed by atoms with van der Waals surface area (Å²) in [6, 6.07) is 14.3. The lowest BCUT2D eigenvalue weighted by Crippen LogP contribution is -2.45. The highest BCUT2D eigenvalue weighted by Gasteiger charge is 2.31. The van der Waals surface area contributed by atoms with Crippen LogP contribution in [0.4, 0.5) is 18.9 Å². The summed E-state index contributed by atoms with van der Waals surface area (Å²) in [4.78, 5) is 15.9. The van der Waals surface area contributed by atoms with E-state index in [2.05, 4.69) is 4.98 Å². The molecule has 0 atom stereocenters. The molecule has 13 heteroatoms. The molecule has 0 spiro atoms. The summed E-state index contributed by atoms with van der Waals surface area (Å²) < 4.78 is 83.1. The summed E-state index contributed by atoms with van der Waals surface area (Å²) in [7, 11) is -4.23. The molecule has 0 fully saturated rings. The van der Waals surface area contributed by atoms with Crippen molar-refractivity contribution >= 4 is 21.9 Å². The van der Waals surface area contributed by atoms with Crippen LogP contribution < -0.4 is 9.04 Å². The first-order chi connectivity index (χ1) is 20.8. The van der Waals surface area contributed by atoms with Crippen molar-refractivity contribution < 1.29 is 40.6 Å². The zero-order chi connectivity index (χ0) is 32.2. The number of rotatable bonds is 13. The van der Waals surface area contributed by atoms with Crippen LogP contribution in [0, 0.1) is 38.2 Å². The third-order valence-corrected chi connectivity index (χ3v) is 8.81. The summed E-state index contributed by atoms with van der Waals surface area (Å²) in [6.45, 7) is 5.41. The molecule has 0 unspecified atom stereocenters. The van der Waals surface area contributed by atoms with Crippen molar-refractivity contribution in [1.82, 2.24) is 9.29 Å². The molecule has 0 saturated heterocycles. The van der Waals surface area contributed by atoms with Crippen molar-refractivity contribution in [2.24, 2.45) is 0 Å². The van der Waals surface area contributed by atoms with E-state index in [1.54, 1.807) is 56.3 Å². The number of halogens is 3. The third-order valence-electron chi connectivity index (χ3n) is 6.87. The first-order valence-electron chi connectivity index (χ1n) is 13.7. The number of oxazole rings is 1. The third kappa shape index (κ3) is 7.22. The Kier molecular flexibility index (Phi) is 10.00. The minimum absolute atomic E-state index is 0.0868. The fraction of sp³-hybridized carbons (Fsp3) is 0.290. The first kappa shape index (κ1) is 32.6. The van der Waals surface area contributed by atoms with Crippen molar-refractivity contribution in [2.45, 2.75) is 40.7 Å².